The molecule has 8 nitrogen and oxygen atoms in total. The molecule has 0 spiro atoms. The van der Waals surface area contributed by atoms with Gasteiger partial charge in [-0.3, -0.25) is 0 Å². The van der Waals surface area contributed by atoms with E-state index in [-0.39, 0.29) is 13.2 Å². The maximum absolute atomic E-state index is 10.5. The minimum atomic E-state index is -1.73. The highest BCUT2D eigenvalue weighted by Crippen LogP contribution is 1.88. The van der Waals surface area contributed by atoms with Gasteiger partial charge in [-0.2, -0.15) is 9.68 Å². The van der Waals surface area contributed by atoms with Crippen LogP contribution in [-0.4, -0.2) is 51.0 Å². The molecule has 88 valence electrons. The van der Waals surface area contributed by atoms with Crippen LogP contribution in [0.25, 0.3) is 0 Å². The topological polar surface area (TPSA) is 101 Å². The molecule has 0 bridgehead atoms. The first-order valence-corrected chi connectivity index (χ1v) is 3.97. The van der Waals surface area contributed by atoms with Gasteiger partial charge in [-0.05, 0) is 0 Å². The lowest BCUT2D eigenvalue weighted by molar-refractivity contribution is -0.213. The fourth-order valence-electron chi connectivity index (χ4n) is 0.522. The van der Waals surface area contributed by atoms with Gasteiger partial charge in [-0.15, -0.1) is 0 Å². The summed E-state index contributed by atoms with van der Waals surface area (Å²) in [6, 6.07) is 0. The van der Waals surface area contributed by atoms with E-state index in [4.69, 9.17) is 14.6 Å². The van der Waals surface area contributed by atoms with E-state index in [0.717, 1.165) is 0 Å². The van der Waals surface area contributed by atoms with Gasteiger partial charge in [0.2, 0.25) is 0 Å². The monoisotopic (exact) mass is 224 g/mol. The zero-order valence-corrected chi connectivity index (χ0v) is 8.13. The molecule has 0 aliphatic heterocycles. The average molecular weight is 224 g/mol. The van der Waals surface area contributed by atoms with E-state index in [1.54, 1.807) is 0 Å². The third kappa shape index (κ3) is 10.4. The second kappa shape index (κ2) is 9.03. The molecule has 0 saturated carbocycles. The molecule has 1 N–H and O–H groups in total. The Kier molecular flexibility index (Phi) is 8.10. The Morgan fingerprint density at radius 3 is 2.33 bits per heavy atom. The smallest absolute Gasteiger partial charge is 0.447 e. The lowest BCUT2D eigenvalue weighted by atomic mass is 10.7. The van der Waals surface area contributed by atoms with Crippen LogP contribution in [0, 0.1) is 0 Å². The van der Waals surface area contributed by atoms with Crippen LogP contribution >= 0.6 is 0 Å². The van der Waals surface area contributed by atoms with E-state index in [9.17, 15) is 9.59 Å². The van der Waals surface area contributed by atoms with Crippen LogP contribution in [0.5, 0.6) is 0 Å². The van der Waals surface area contributed by atoms with Crippen molar-refractivity contribution in [2.24, 2.45) is 0 Å². The van der Waals surface area contributed by atoms with Gasteiger partial charge < -0.3 is 19.3 Å². The molecule has 0 rings (SSSR count). The molecule has 0 saturated heterocycles. The van der Waals surface area contributed by atoms with E-state index < -0.39 is 12.3 Å². The van der Waals surface area contributed by atoms with Crippen LogP contribution < -0.4 is 0 Å². The molecule has 0 amide bonds. The van der Waals surface area contributed by atoms with E-state index >= 15 is 0 Å². The number of hydrogen-bond donors (Lipinski definition) is 1. The first-order chi connectivity index (χ1) is 7.16. The van der Waals surface area contributed by atoms with Gasteiger partial charge in [0.25, 0.3) is 0 Å². The highest BCUT2D eigenvalue weighted by Gasteiger charge is 2.08. The van der Waals surface area contributed by atoms with Crippen molar-refractivity contribution in [1.82, 2.24) is 0 Å². The largest absolute Gasteiger partial charge is 0.550 e. The van der Waals surface area contributed by atoms with Crippen LogP contribution in [0.3, 0.4) is 0 Å². The maximum atomic E-state index is 10.5. The third-order valence-electron chi connectivity index (χ3n) is 1.06. The molecule has 0 fully saturated rings. The molecule has 0 radical (unpaired) electrons. The summed E-state index contributed by atoms with van der Waals surface area (Å²) in [6.45, 7) is 0.907. The lowest BCUT2D eigenvalue weighted by Crippen LogP contribution is -2.15. The Morgan fingerprint density at radius 1 is 1.07 bits per heavy atom. The first kappa shape index (κ1) is 13.5. The number of carbonyl (C=O) groups is 2. The Bertz CT molecular complexity index is 191. The summed E-state index contributed by atoms with van der Waals surface area (Å²) < 4.78 is 14.0. The zero-order chi connectivity index (χ0) is 11.5. The molecule has 0 heterocycles. The predicted molar refractivity (Wildman–Crippen MR) is 44.2 cm³/mol. The minimum Gasteiger partial charge on any atom is -0.447 e. The summed E-state index contributed by atoms with van der Waals surface area (Å²) in [4.78, 5) is 27.5. The molecule has 0 unspecified atom stereocenters. The number of carboxylic acid groups (broad SMARTS) is 1. The third-order valence-corrected chi connectivity index (χ3v) is 1.06. The quantitative estimate of drug-likeness (QED) is 0.299. The SMILES string of the molecule is COCCOCCOC(=O)OOC(=O)O. The standard InChI is InChI=1S/C7H12O8/c1-11-2-3-12-4-5-13-7(10)15-14-6(8)9/h2-5H2,1H3,(H,8,9). The zero-order valence-electron chi connectivity index (χ0n) is 8.13. The Labute approximate surface area is 85.5 Å². The van der Waals surface area contributed by atoms with Gasteiger partial charge in [0.15, 0.2) is 0 Å². The maximum Gasteiger partial charge on any atom is 0.550 e. The van der Waals surface area contributed by atoms with E-state index in [1.165, 1.54) is 7.11 Å². The number of rotatable bonds is 6. The van der Waals surface area contributed by atoms with Gasteiger partial charge >= 0.3 is 12.3 Å². The van der Waals surface area contributed by atoms with Crippen LogP contribution in [0.4, 0.5) is 9.59 Å². The number of methoxy groups -OCH3 is 1. The van der Waals surface area contributed by atoms with Crippen LogP contribution in [0.2, 0.25) is 0 Å². The fraction of sp³-hybridized carbons (Fsp3) is 0.714. The van der Waals surface area contributed by atoms with Crippen molar-refractivity contribution in [3.05, 3.63) is 0 Å². The summed E-state index contributed by atoms with van der Waals surface area (Å²) in [6.07, 6.45) is -2.98. The van der Waals surface area contributed by atoms with Gasteiger partial charge in [-0.1, -0.05) is 0 Å². The molecule has 0 aromatic heterocycles. The second-order valence-corrected chi connectivity index (χ2v) is 2.14. The first-order valence-electron chi connectivity index (χ1n) is 3.97. The van der Waals surface area contributed by atoms with Crippen molar-refractivity contribution in [3.63, 3.8) is 0 Å². The summed E-state index contributed by atoms with van der Waals surface area (Å²) >= 11 is 0. The van der Waals surface area contributed by atoms with E-state index in [0.29, 0.717) is 13.2 Å². The Morgan fingerprint density at radius 2 is 1.73 bits per heavy atom. The molecule has 15 heavy (non-hydrogen) atoms. The second-order valence-electron chi connectivity index (χ2n) is 2.14. The predicted octanol–water partition coefficient (Wildman–Crippen LogP) is 0.412. The number of carbonyl (C=O) groups excluding carboxylic acids is 1. The molecule has 0 aromatic rings. The normalized spacial score (nSPS) is 9.40. The van der Waals surface area contributed by atoms with Gasteiger partial charge in [0, 0.05) is 7.11 Å². The molecule has 0 aromatic carbocycles. The van der Waals surface area contributed by atoms with Crippen LogP contribution in [0.1, 0.15) is 0 Å². The summed E-state index contributed by atoms with van der Waals surface area (Å²) in [5.41, 5.74) is 0. The number of hydrogen-bond acceptors (Lipinski definition) is 7. The molecule has 0 aliphatic carbocycles. The molecule has 0 aliphatic rings. The molecular weight excluding hydrogens is 212 g/mol. The van der Waals surface area contributed by atoms with Crippen LogP contribution in [-0.2, 0) is 24.0 Å². The Balaban J connectivity index is 3.20. The molecule has 8 heteroatoms. The van der Waals surface area contributed by atoms with Crippen molar-refractivity contribution in [1.29, 1.82) is 0 Å². The van der Waals surface area contributed by atoms with Gasteiger partial charge in [0.1, 0.15) is 6.61 Å². The van der Waals surface area contributed by atoms with Crippen molar-refractivity contribution in [2.75, 3.05) is 33.5 Å². The van der Waals surface area contributed by atoms with E-state index in [2.05, 4.69) is 14.5 Å². The van der Waals surface area contributed by atoms with Crippen molar-refractivity contribution >= 4 is 12.3 Å². The van der Waals surface area contributed by atoms with Gasteiger partial charge in [-0.25, -0.2) is 9.68 Å². The highest BCUT2D eigenvalue weighted by molar-refractivity contribution is 5.62. The molecular formula is C7H12O8. The van der Waals surface area contributed by atoms with Gasteiger partial charge in [0.05, 0.1) is 19.8 Å². The van der Waals surface area contributed by atoms with Crippen molar-refractivity contribution < 1.29 is 38.7 Å². The lowest BCUT2D eigenvalue weighted by Gasteiger charge is -2.04. The van der Waals surface area contributed by atoms with Crippen molar-refractivity contribution in [2.45, 2.75) is 0 Å². The minimum absolute atomic E-state index is 0.0640. The van der Waals surface area contributed by atoms with Crippen LogP contribution in [0.15, 0.2) is 0 Å². The van der Waals surface area contributed by atoms with E-state index in [1.807, 2.05) is 0 Å². The highest BCUT2D eigenvalue weighted by atomic mass is 17.3. The summed E-state index contributed by atoms with van der Waals surface area (Å²) in [7, 11) is 1.53. The van der Waals surface area contributed by atoms with Crippen molar-refractivity contribution in [3.8, 4) is 0 Å². The summed E-state index contributed by atoms with van der Waals surface area (Å²) in [5, 5.41) is 7.94. The Hall–Kier alpha value is -1.54. The molecule has 0 atom stereocenters. The average Bonchev–Trinajstić information content (AvgIpc) is 2.20. The fourth-order valence-corrected chi connectivity index (χ4v) is 0.522. The summed E-state index contributed by atoms with van der Waals surface area (Å²) in [5.74, 6) is 0. The number of ether oxygens (including phenoxy) is 3.